The van der Waals surface area contributed by atoms with Gasteiger partial charge in [-0.25, -0.2) is 0 Å². The average Bonchev–Trinajstić information content (AvgIpc) is 2.21. The van der Waals surface area contributed by atoms with Crippen LogP contribution in [0.5, 0.6) is 0 Å². The number of aryl methyl sites for hydroxylation is 2. The first-order valence-corrected chi connectivity index (χ1v) is 4.81. The zero-order valence-corrected chi connectivity index (χ0v) is 8.75. The Kier molecular flexibility index (Phi) is 4.33. The van der Waals surface area contributed by atoms with Crippen molar-refractivity contribution < 1.29 is 9.53 Å². The van der Waals surface area contributed by atoms with Crippen LogP contribution in [0, 0.1) is 6.92 Å². The number of benzene rings is 1. The van der Waals surface area contributed by atoms with Crippen LogP contribution in [-0.4, -0.2) is 20.0 Å². The van der Waals surface area contributed by atoms with Crippen molar-refractivity contribution in [2.24, 2.45) is 0 Å². The Hall–Kier alpha value is -1.15. The summed E-state index contributed by atoms with van der Waals surface area (Å²) < 4.78 is 4.99. The number of hydrogen-bond donors (Lipinski definition) is 0. The molecule has 0 radical (unpaired) electrons. The molecule has 2 nitrogen and oxygen atoms in total. The molecule has 0 bridgehead atoms. The van der Waals surface area contributed by atoms with E-state index in [-0.39, 0.29) is 0 Å². The number of carbonyl (C=O) groups is 1. The van der Waals surface area contributed by atoms with Gasteiger partial charge in [-0.05, 0) is 37.0 Å². The van der Waals surface area contributed by atoms with Gasteiger partial charge in [0.25, 0.3) is 0 Å². The lowest BCUT2D eigenvalue weighted by Gasteiger charge is -2.05. The van der Waals surface area contributed by atoms with Gasteiger partial charge in [0.05, 0.1) is 0 Å². The van der Waals surface area contributed by atoms with E-state index in [0.29, 0.717) is 0 Å². The zero-order valence-electron chi connectivity index (χ0n) is 8.75. The fraction of sp³-hybridized carbons (Fsp3) is 0.417. The molecule has 2 heteroatoms. The lowest BCUT2D eigenvalue weighted by molar-refractivity contribution is 0.112. The first-order chi connectivity index (χ1) is 6.77. The predicted octanol–water partition coefficient (Wildman–Crippen LogP) is 2.39. The van der Waals surface area contributed by atoms with E-state index in [4.69, 9.17) is 4.74 Å². The molecular weight excluding hydrogens is 176 g/mol. The Balaban J connectivity index is 2.68. The van der Waals surface area contributed by atoms with Gasteiger partial charge in [-0.1, -0.05) is 12.1 Å². The van der Waals surface area contributed by atoms with Crippen molar-refractivity contribution in [3.8, 4) is 0 Å². The summed E-state index contributed by atoms with van der Waals surface area (Å²) in [5.74, 6) is 0. The summed E-state index contributed by atoms with van der Waals surface area (Å²) in [7, 11) is 1.70. The number of carbonyl (C=O) groups excluding carboxylic acids is 1. The van der Waals surface area contributed by atoms with Crippen LogP contribution in [0.2, 0.25) is 0 Å². The Morgan fingerprint density at radius 1 is 1.43 bits per heavy atom. The average molecular weight is 192 g/mol. The van der Waals surface area contributed by atoms with Crippen LogP contribution >= 0.6 is 0 Å². The van der Waals surface area contributed by atoms with E-state index < -0.39 is 0 Å². The number of methoxy groups -OCH3 is 1. The molecule has 1 rings (SSSR count). The standard InChI is InChI=1S/C12H16O2/c1-10-5-6-11(9-13)8-12(10)4-3-7-14-2/h5-6,8-9H,3-4,7H2,1-2H3. The van der Waals surface area contributed by atoms with Crippen LogP contribution < -0.4 is 0 Å². The van der Waals surface area contributed by atoms with E-state index in [2.05, 4.69) is 6.92 Å². The molecule has 0 aliphatic carbocycles. The second-order valence-electron chi connectivity index (χ2n) is 3.40. The van der Waals surface area contributed by atoms with Crippen molar-refractivity contribution in [1.29, 1.82) is 0 Å². The monoisotopic (exact) mass is 192 g/mol. The summed E-state index contributed by atoms with van der Waals surface area (Å²) in [5, 5.41) is 0. The van der Waals surface area contributed by atoms with Gasteiger partial charge in [0, 0.05) is 19.3 Å². The highest BCUT2D eigenvalue weighted by Crippen LogP contribution is 2.12. The fourth-order valence-corrected chi connectivity index (χ4v) is 1.44. The third-order valence-electron chi connectivity index (χ3n) is 2.30. The lowest BCUT2D eigenvalue weighted by atomic mass is 10.0. The van der Waals surface area contributed by atoms with Gasteiger partial charge in [0.15, 0.2) is 0 Å². The van der Waals surface area contributed by atoms with Gasteiger partial charge in [0.1, 0.15) is 6.29 Å². The molecule has 0 aliphatic rings. The Labute approximate surface area is 84.9 Å². The highest BCUT2D eigenvalue weighted by molar-refractivity contribution is 5.75. The molecule has 0 spiro atoms. The van der Waals surface area contributed by atoms with Crippen molar-refractivity contribution in [3.05, 3.63) is 34.9 Å². The van der Waals surface area contributed by atoms with E-state index in [1.54, 1.807) is 7.11 Å². The van der Waals surface area contributed by atoms with E-state index >= 15 is 0 Å². The summed E-state index contributed by atoms with van der Waals surface area (Å²) in [6.45, 7) is 2.83. The number of hydrogen-bond acceptors (Lipinski definition) is 2. The summed E-state index contributed by atoms with van der Waals surface area (Å²) in [6, 6.07) is 5.80. The van der Waals surface area contributed by atoms with Crippen LogP contribution in [0.3, 0.4) is 0 Å². The predicted molar refractivity (Wildman–Crippen MR) is 56.8 cm³/mol. The minimum absolute atomic E-state index is 0.753. The molecule has 1 aromatic rings. The van der Waals surface area contributed by atoms with E-state index in [9.17, 15) is 4.79 Å². The second kappa shape index (κ2) is 5.55. The third-order valence-corrected chi connectivity index (χ3v) is 2.30. The minimum Gasteiger partial charge on any atom is -0.385 e. The summed E-state index contributed by atoms with van der Waals surface area (Å²) in [5.41, 5.74) is 3.24. The van der Waals surface area contributed by atoms with Gasteiger partial charge in [0.2, 0.25) is 0 Å². The molecule has 14 heavy (non-hydrogen) atoms. The van der Waals surface area contributed by atoms with Crippen molar-refractivity contribution in [1.82, 2.24) is 0 Å². The van der Waals surface area contributed by atoms with Crippen molar-refractivity contribution in [3.63, 3.8) is 0 Å². The maximum atomic E-state index is 10.6. The third kappa shape index (κ3) is 2.96. The lowest BCUT2D eigenvalue weighted by Crippen LogP contribution is -1.96. The highest BCUT2D eigenvalue weighted by atomic mass is 16.5. The topological polar surface area (TPSA) is 26.3 Å². The summed E-state index contributed by atoms with van der Waals surface area (Å²) >= 11 is 0. The molecule has 0 saturated carbocycles. The van der Waals surface area contributed by atoms with Crippen LogP contribution in [0.25, 0.3) is 0 Å². The molecule has 0 fully saturated rings. The van der Waals surface area contributed by atoms with E-state index in [1.807, 2.05) is 18.2 Å². The molecule has 0 aromatic heterocycles. The van der Waals surface area contributed by atoms with E-state index in [0.717, 1.165) is 31.3 Å². The molecule has 0 heterocycles. The smallest absolute Gasteiger partial charge is 0.150 e. The molecule has 1 aromatic carbocycles. The van der Waals surface area contributed by atoms with Gasteiger partial charge < -0.3 is 4.74 Å². The molecule has 0 amide bonds. The molecule has 0 unspecified atom stereocenters. The van der Waals surface area contributed by atoms with Crippen LogP contribution in [0.15, 0.2) is 18.2 Å². The first kappa shape index (κ1) is 10.9. The van der Waals surface area contributed by atoms with Gasteiger partial charge in [-0.2, -0.15) is 0 Å². The quantitative estimate of drug-likeness (QED) is 0.529. The Morgan fingerprint density at radius 2 is 2.21 bits per heavy atom. The molecular formula is C12H16O2. The molecule has 0 aliphatic heterocycles. The van der Waals surface area contributed by atoms with Crippen LogP contribution in [0.4, 0.5) is 0 Å². The minimum atomic E-state index is 0.753. The van der Waals surface area contributed by atoms with Crippen LogP contribution in [0.1, 0.15) is 27.9 Å². The number of ether oxygens (including phenoxy) is 1. The Morgan fingerprint density at radius 3 is 2.86 bits per heavy atom. The second-order valence-corrected chi connectivity index (χ2v) is 3.40. The fourth-order valence-electron chi connectivity index (χ4n) is 1.44. The zero-order chi connectivity index (χ0) is 10.4. The van der Waals surface area contributed by atoms with Crippen molar-refractivity contribution in [2.75, 3.05) is 13.7 Å². The normalized spacial score (nSPS) is 10.1. The highest BCUT2D eigenvalue weighted by Gasteiger charge is 1.99. The molecule has 0 saturated heterocycles. The van der Waals surface area contributed by atoms with Gasteiger partial charge in [-0.15, -0.1) is 0 Å². The van der Waals surface area contributed by atoms with E-state index in [1.165, 1.54) is 11.1 Å². The summed E-state index contributed by atoms with van der Waals surface area (Å²) in [4.78, 5) is 10.6. The van der Waals surface area contributed by atoms with Gasteiger partial charge >= 0.3 is 0 Å². The Bertz CT molecular complexity index is 305. The first-order valence-electron chi connectivity index (χ1n) is 4.81. The molecule has 0 atom stereocenters. The summed E-state index contributed by atoms with van der Waals surface area (Å²) in [6.07, 6.45) is 2.86. The molecule has 76 valence electrons. The maximum absolute atomic E-state index is 10.6. The van der Waals surface area contributed by atoms with Gasteiger partial charge in [-0.3, -0.25) is 4.79 Å². The maximum Gasteiger partial charge on any atom is 0.150 e. The largest absolute Gasteiger partial charge is 0.385 e. The van der Waals surface area contributed by atoms with Crippen molar-refractivity contribution >= 4 is 6.29 Å². The number of rotatable bonds is 5. The van der Waals surface area contributed by atoms with Crippen molar-refractivity contribution in [2.45, 2.75) is 19.8 Å². The number of aldehydes is 1. The SMILES string of the molecule is COCCCc1cc(C=O)ccc1C. The molecule has 0 N–H and O–H groups in total. The van der Waals surface area contributed by atoms with Crippen LogP contribution in [-0.2, 0) is 11.2 Å².